The van der Waals surface area contributed by atoms with Gasteiger partial charge in [-0.25, -0.2) is 0 Å². The molecule has 1 N–H and O–H groups in total. The maximum atomic E-state index is 12.2. The SMILES string of the molecule is Cc1ccsc1C(=O)NCCC1CCCN(C2CCN(C)CC2)C1. The van der Waals surface area contributed by atoms with Gasteiger partial charge < -0.3 is 15.1 Å². The fourth-order valence-electron chi connectivity index (χ4n) is 4.10. The van der Waals surface area contributed by atoms with Crippen molar-refractivity contribution in [2.75, 3.05) is 39.8 Å². The molecule has 1 aromatic rings. The van der Waals surface area contributed by atoms with Crippen molar-refractivity contribution in [3.8, 4) is 0 Å². The Bertz CT molecular complexity index is 536. The van der Waals surface area contributed by atoms with Crippen LogP contribution in [0.4, 0.5) is 0 Å². The molecule has 0 aromatic carbocycles. The van der Waals surface area contributed by atoms with E-state index < -0.39 is 0 Å². The van der Waals surface area contributed by atoms with E-state index >= 15 is 0 Å². The summed E-state index contributed by atoms with van der Waals surface area (Å²) < 4.78 is 0. The lowest BCUT2D eigenvalue weighted by Gasteiger charge is -2.41. The fraction of sp³-hybridized carbons (Fsp3) is 0.737. The van der Waals surface area contributed by atoms with Crippen molar-refractivity contribution in [1.82, 2.24) is 15.1 Å². The highest BCUT2D eigenvalue weighted by atomic mass is 32.1. The molecule has 1 aromatic heterocycles. The summed E-state index contributed by atoms with van der Waals surface area (Å²) in [5.41, 5.74) is 1.09. The van der Waals surface area contributed by atoms with Crippen LogP contribution < -0.4 is 5.32 Å². The number of nitrogens with zero attached hydrogens (tertiary/aromatic N) is 2. The van der Waals surface area contributed by atoms with Crippen LogP contribution >= 0.6 is 11.3 Å². The molecule has 1 unspecified atom stereocenters. The van der Waals surface area contributed by atoms with E-state index in [-0.39, 0.29) is 5.91 Å². The van der Waals surface area contributed by atoms with E-state index in [2.05, 4.69) is 22.2 Å². The number of amides is 1. The highest BCUT2D eigenvalue weighted by Gasteiger charge is 2.27. The summed E-state index contributed by atoms with van der Waals surface area (Å²) in [4.78, 5) is 18.2. The number of piperidine rings is 2. The van der Waals surface area contributed by atoms with Crippen LogP contribution in [0, 0.1) is 12.8 Å². The average Bonchev–Trinajstić information content (AvgIpc) is 3.02. The summed E-state index contributed by atoms with van der Waals surface area (Å²) in [6.07, 6.45) is 6.38. The van der Waals surface area contributed by atoms with Crippen LogP contribution in [-0.2, 0) is 0 Å². The number of thiophene rings is 1. The second kappa shape index (κ2) is 8.45. The minimum Gasteiger partial charge on any atom is -0.351 e. The van der Waals surface area contributed by atoms with E-state index in [1.807, 2.05) is 18.4 Å². The Morgan fingerprint density at radius 3 is 2.79 bits per heavy atom. The van der Waals surface area contributed by atoms with Gasteiger partial charge in [0.25, 0.3) is 5.91 Å². The standard InChI is InChI=1S/C19H31N3OS/c1-15-8-13-24-18(15)19(23)20-9-5-16-4-3-10-22(14-16)17-6-11-21(2)12-7-17/h8,13,16-17H,3-7,9-12,14H2,1-2H3,(H,20,23). The summed E-state index contributed by atoms with van der Waals surface area (Å²) in [5.74, 6) is 0.841. The van der Waals surface area contributed by atoms with E-state index in [1.165, 1.54) is 63.2 Å². The molecule has 3 rings (SSSR count). The Morgan fingerprint density at radius 1 is 1.29 bits per heavy atom. The van der Waals surface area contributed by atoms with Gasteiger partial charge >= 0.3 is 0 Å². The van der Waals surface area contributed by atoms with E-state index in [0.29, 0.717) is 0 Å². The highest BCUT2D eigenvalue weighted by molar-refractivity contribution is 7.12. The molecule has 4 nitrogen and oxygen atoms in total. The lowest BCUT2D eigenvalue weighted by molar-refractivity contribution is 0.0757. The molecule has 0 spiro atoms. The minimum atomic E-state index is 0.102. The zero-order valence-corrected chi connectivity index (χ0v) is 15.9. The van der Waals surface area contributed by atoms with Crippen LogP contribution in [0.1, 0.15) is 47.3 Å². The topological polar surface area (TPSA) is 35.6 Å². The molecule has 0 saturated carbocycles. The number of hydrogen-bond acceptors (Lipinski definition) is 4. The predicted octanol–water partition coefficient (Wildman–Crippen LogP) is 2.98. The molecule has 1 amide bonds. The van der Waals surface area contributed by atoms with Gasteiger partial charge in [0.1, 0.15) is 0 Å². The van der Waals surface area contributed by atoms with Crippen LogP contribution in [-0.4, -0.2) is 61.5 Å². The smallest absolute Gasteiger partial charge is 0.261 e. The summed E-state index contributed by atoms with van der Waals surface area (Å²) >= 11 is 1.54. The van der Waals surface area contributed by atoms with E-state index in [1.54, 1.807) is 0 Å². The lowest BCUT2D eigenvalue weighted by Crippen LogP contribution is -2.48. The van der Waals surface area contributed by atoms with Gasteiger partial charge in [-0.15, -0.1) is 11.3 Å². The molecule has 1 atom stereocenters. The van der Waals surface area contributed by atoms with Crippen molar-refractivity contribution in [3.63, 3.8) is 0 Å². The van der Waals surface area contributed by atoms with Crippen LogP contribution in [0.2, 0.25) is 0 Å². The quantitative estimate of drug-likeness (QED) is 0.888. The Kier molecular flexibility index (Phi) is 6.31. The van der Waals surface area contributed by atoms with E-state index in [0.717, 1.165) is 35.4 Å². The Labute approximate surface area is 150 Å². The van der Waals surface area contributed by atoms with Gasteiger partial charge in [0.05, 0.1) is 4.88 Å². The maximum absolute atomic E-state index is 12.2. The van der Waals surface area contributed by atoms with Crippen molar-refractivity contribution in [2.45, 2.75) is 45.1 Å². The third-order valence-corrected chi connectivity index (χ3v) is 6.68. The van der Waals surface area contributed by atoms with Gasteiger partial charge in [-0.1, -0.05) is 0 Å². The van der Waals surface area contributed by atoms with Crippen molar-refractivity contribution < 1.29 is 4.79 Å². The average molecular weight is 350 g/mol. The third kappa shape index (κ3) is 4.58. The molecular weight excluding hydrogens is 318 g/mol. The first-order chi connectivity index (χ1) is 11.6. The van der Waals surface area contributed by atoms with Crippen molar-refractivity contribution in [3.05, 3.63) is 21.9 Å². The molecule has 2 aliphatic heterocycles. The fourth-order valence-corrected chi connectivity index (χ4v) is 4.94. The first-order valence-electron chi connectivity index (χ1n) is 9.38. The van der Waals surface area contributed by atoms with Gasteiger partial charge in [-0.2, -0.15) is 0 Å². The number of rotatable bonds is 5. The monoisotopic (exact) mass is 349 g/mol. The summed E-state index contributed by atoms with van der Waals surface area (Å²) in [6.45, 7) is 7.78. The zero-order chi connectivity index (χ0) is 16.9. The first kappa shape index (κ1) is 17.9. The van der Waals surface area contributed by atoms with Crippen molar-refractivity contribution in [2.24, 2.45) is 5.92 Å². The molecule has 134 valence electrons. The molecule has 2 saturated heterocycles. The number of carbonyl (C=O) groups is 1. The minimum absolute atomic E-state index is 0.102. The molecule has 2 aliphatic rings. The molecule has 2 fully saturated rings. The molecule has 0 bridgehead atoms. The highest BCUT2D eigenvalue weighted by Crippen LogP contribution is 2.25. The molecule has 5 heteroatoms. The first-order valence-corrected chi connectivity index (χ1v) is 10.3. The number of likely N-dealkylation sites (tertiary alicyclic amines) is 2. The Hall–Kier alpha value is -0.910. The van der Waals surface area contributed by atoms with E-state index in [9.17, 15) is 4.79 Å². The third-order valence-electron chi connectivity index (χ3n) is 5.66. The molecular formula is C19H31N3OS. The van der Waals surface area contributed by atoms with Gasteiger partial charge in [0, 0.05) is 19.1 Å². The molecule has 24 heavy (non-hydrogen) atoms. The van der Waals surface area contributed by atoms with Gasteiger partial charge in [0.15, 0.2) is 0 Å². The van der Waals surface area contributed by atoms with Gasteiger partial charge in [-0.05, 0) is 88.6 Å². The van der Waals surface area contributed by atoms with Crippen LogP contribution in [0.25, 0.3) is 0 Å². The van der Waals surface area contributed by atoms with Gasteiger partial charge in [-0.3, -0.25) is 4.79 Å². The van der Waals surface area contributed by atoms with Crippen molar-refractivity contribution in [1.29, 1.82) is 0 Å². The van der Waals surface area contributed by atoms with Crippen LogP contribution in [0.3, 0.4) is 0 Å². The molecule has 0 aliphatic carbocycles. The second-order valence-corrected chi connectivity index (χ2v) is 8.43. The van der Waals surface area contributed by atoms with E-state index in [4.69, 9.17) is 0 Å². The summed E-state index contributed by atoms with van der Waals surface area (Å²) in [7, 11) is 2.23. The summed E-state index contributed by atoms with van der Waals surface area (Å²) in [6, 6.07) is 2.80. The Morgan fingerprint density at radius 2 is 2.08 bits per heavy atom. The number of hydrogen-bond donors (Lipinski definition) is 1. The number of carbonyl (C=O) groups excluding carboxylic acids is 1. The molecule has 3 heterocycles. The zero-order valence-electron chi connectivity index (χ0n) is 15.1. The van der Waals surface area contributed by atoms with Crippen LogP contribution in [0.15, 0.2) is 11.4 Å². The predicted molar refractivity (Wildman–Crippen MR) is 101 cm³/mol. The second-order valence-electron chi connectivity index (χ2n) is 7.51. The van der Waals surface area contributed by atoms with Gasteiger partial charge in [0.2, 0.25) is 0 Å². The lowest BCUT2D eigenvalue weighted by atomic mass is 9.92. The Balaban J connectivity index is 1.41. The largest absolute Gasteiger partial charge is 0.351 e. The van der Waals surface area contributed by atoms with Crippen molar-refractivity contribution >= 4 is 17.2 Å². The maximum Gasteiger partial charge on any atom is 0.261 e. The van der Waals surface area contributed by atoms with Crippen LogP contribution in [0.5, 0.6) is 0 Å². The normalized spacial score (nSPS) is 24.2. The molecule has 0 radical (unpaired) electrons. The number of aryl methyl sites for hydroxylation is 1. The number of nitrogens with one attached hydrogen (secondary N) is 1. The summed E-state index contributed by atoms with van der Waals surface area (Å²) in [5, 5.41) is 5.11.